The molecule has 0 atom stereocenters. The molecule has 0 aliphatic heterocycles. The molecule has 3 heteroatoms. The Morgan fingerprint density at radius 2 is 2.12 bits per heavy atom. The maximum atomic E-state index is 5.42. The van der Waals surface area contributed by atoms with E-state index >= 15 is 0 Å². The topological polar surface area (TPSA) is 21.3 Å². The molecule has 1 N–H and O–H groups in total. The van der Waals surface area contributed by atoms with Crippen LogP contribution in [0.4, 0.5) is 0 Å². The molecule has 1 aromatic carbocycles. The predicted molar refractivity (Wildman–Crippen MR) is 69.0 cm³/mol. The molecule has 0 aliphatic rings. The Hall–Kier alpha value is -1.42. The van der Waals surface area contributed by atoms with Crippen LogP contribution in [0, 0.1) is 24.7 Å². The van der Waals surface area contributed by atoms with Gasteiger partial charge in [-0.25, -0.2) is 0 Å². The Labute approximate surface area is 105 Å². The molecule has 0 spiro atoms. The minimum atomic E-state index is 0.268. The third-order valence-corrected chi connectivity index (χ3v) is 2.37. The van der Waals surface area contributed by atoms with Crippen LogP contribution >= 0.6 is 15.9 Å². The summed E-state index contributed by atoms with van der Waals surface area (Å²) in [6, 6.07) is 5.78. The third-order valence-electron chi connectivity index (χ3n) is 1.88. The minimum Gasteiger partial charge on any atom is -0.481 e. The third kappa shape index (κ3) is 3.98. The quantitative estimate of drug-likeness (QED) is 0.658. The van der Waals surface area contributed by atoms with E-state index in [1.165, 1.54) is 0 Å². The van der Waals surface area contributed by atoms with Gasteiger partial charge in [0.15, 0.2) is 0 Å². The second-order valence-electron chi connectivity index (χ2n) is 3.05. The van der Waals surface area contributed by atoms with E-state index in [2.05, 4.69) is 33.1 Å². The average Bonchev–Trinajstić information content (AvgIpc) is 2.28. The van der Waals surface area contributed by atoms with Crippen LogP contribution in [0.25, 0.3) is 0 Å². The molecule has 16 heavy (non-hydrogen) atoms. The first kappa shape index (κ1) is 12.6. The molecule has 0 heterocycles. The van der Waals surface area contributed by atoms with Gasteiger partial charge in [0.25, 0.3) is 0 Å². The first-order chi connectivity index (χ1) is 7.77. The highest BCUT2D eigenvalue weighted by molar-refractivity contribution is 9.10. The van der Waals surface area contributed by atoms with E-state index in [4.69, 9.17) is 17.6 Å². The van der Waals surface area contributed by atoms with Gasteiger partial charge in [-0.1, -0.05) is 27.8 Å². The van der Waals surface area contributed by atoms with Gasteiger partial charge in [0.05, 0.1) is 6.54 Å². The number of ether oxygens (including phenoxy) is 1. The fourth-order valence-corrected chi connectivity index (χ4v) is 1.62. The van der Waals surface area contributed by atoms with Gasteiger partial charge >= 0.3 is 0 Å². The van der Waals surface area contributed by atoms with Crippen LogP contribution in [-0.4, -0.2) is 13.2 Å². The molecule has 0 unspecified atom stereocenters. The Kier molecular flexibility index (Phi) is 5.50. The van der Waals surface area contributed by atoms with Crippen LogP contribution in [0.5, 0.6) is 5.75 Å². The monoisotopic (exact) mass is 277 g/mol. The number of benzene rings is 1. The van der Waals surface area contributed by atoms with Crippen molar-refractivity contribution in [1.29, 1.82) is 0 Å². The number of rotatable bonds is 5. The predicted octanol–water partition coefficient (Wildman–Crippen LogP) is 2.18. The number of terminal acetylenes is 2. The Balaban J connectivity index is 2.74. The summed E-state index contributed by atoms with van der Waals surface area (Å²) in [6.07, 6.45) is 10.3. The molecule has 0 aliphatic carbocycles. The number of hydrogen-bond donors (Lipinski definition) is 1. The summed E-state index contributed by atoms with van der Waals surface area (Å²) in [5, 5.41) is 3.11. The summed E-state index contributed by atoms with van der Waals surface area (Å²) in [4.78, 5) is 0. The lowest BCUT2D eigenvalue weighted by molar-refractivity contribution is 0.365. The van der Waals surface area contributed by atoms with Crippen molar-refractivity contribution in [2.24, 2.45) is 0 Å². The van der Waals surface area contributed by atoms with Crippen LogP contribution in [-0.2, 0) is 6.54 Å². The standard InChI is InChI=1S/C13H12BrNO/c1-3-7-15-10-11-9-12(14)5-6-13(11)16-8-4-2/h1-2,5-6,9,15H,7-8,10H2. The maximum absolute atomic E-state index is 5.42. The van der Waals surface area contributed by atoms with E-state index in [1.807, 2.05) is 18.2 Å². The van der Waals surface area contributed by atoms with Crippen molar-refractivity contribution in [1.82, 2.24) is 5.32 Å². The molecule has 0 bridgehead atoms. The van der Waals surface area contributed by atoms with Crippen LogP contribution in [0.1, 0.15) is 5.56 Å². The first-order valence-corrected chi connectivity index (χ1v) is 5.56. The summed E-state index contributed by atoms with van der Waals surface area (Å²) in [5.74, 6) is 5.74. The van der Waals surface area contributed by atoms with Gasteiger partial charge in [0.2, 0.25) is 0 Å². The highest BCUT2D eigenvalue weighted by Crippen LogP contribution is 2.23. The molecule has 0 saturated heterocycles. The average molecular weight is 278 g/mol. The molecule has 0 amide bonds. The highest BCUT2D eigenvalue weighted by atomic mass is 79.9. The summed E-state index contributed by atoms with van der Waals surface area (Å²) in [7, 11) is 0. The van der Waals surface area contributed by atoms with E-state index in [-0.39, 0.29) is 6.61 Å². The Bertz CT molecular complexity index is 429. The molecule has 0 radical (unpaired) electrons. The van der Waals surface area contributed by atoms with Gasteiger partial charge < -0.3 is 10.1 Å². The fourth-order valence-electron chi connectivity index (χ4n) is 1.22. The van der Waals surface area contributed by atoms with Crippen molar-refractivity contribution in [2.75, 3.05) is 13.2 Å². The normalized spacial score (nSPS) is 9.19. The number of nitrogens with one attached hydrogen (secondary N) is 1. The molecular formula is C13H12BrNO. The SMILES string of the molecule is C#CCNCc1cc(Br)ccc1OCC#C. The highest BCUT2D eigenvalue weighted by Gasteiger charge is 2.03. The lowest BCUT2D eigenvalue weighted by Crippen LogP contribution is -2.14. The van der Waals surface area contributed by atoms with Crippen molar-refractivity contribution in [3.05, 3.63) is 28.2 Å². The molecule has 2 nitrogen and oxygen atoms in total. The summed E-state index contributed by atoms with van der Waals surface area (Å²) in [6.45, 7) is 1.45. The van der Waals surface area contributed by atoms with Crippen LogP contribution in [0.3, 0.4) is 0 Å². The number of halogens is 1. The lowest BCUT2D eigenvalue weighted by atomic mass is 10.2. The molecule has 1 rings (SSSR count). The van der Waals surface area contributed by atoms with Gasteiger partial charge in [0, 0.05) is 16.6 Å². The van der Waals surface area contributed by atoms with Crippen LogP contribution in [0.15, 0.2) is 22.7 Å². The summed E-state index contributed by atoms with van der Waals surface area (Å²) < 4.78 is 6.42. The van der Waals surface area contributed by atoms with Crippen LogP contribution in [0.2, 0.25) is 0 Å². The fraction of sp³-hybridized carbons (Fsp3) is 0.231. The first-order valence-electron chi connectivity index (χ1n) is 4.76. The van der Waals surface area contributed by atoms with E-state index in [0.29, 0.717) is 13.1 Å². The van der Waals surface area contributed by atoms with E-state index in [1.54, 1.807) is 0 Å². The van der Waals surface area contributed by atoms with Crippen molar-refractivity contribution >= 4 is 15.9 Å². The van der Waals surface area contributed by atoms with E-state index < -0.39 is 0 Å². The molecule has 82 valence electrons. The molecular weight excluding hydrogens is 266 g/mol. The largest absolute Gasteiger partial charge is 0.481 e. The lowest BCUT2D eigenvalue weighted by Gasteiger charge is -2.10. The van der Waals surface area contributed by atoms with E-state index in [9.17, 15) is 0 Å². The van der Waals surface area contributed by atoms with Gasteiger partial charge in [-0.15, -0.1) is 12.8 Å². The minimum absolute atomic E-state index is 0.268. The zero-order valence-corrected chi connectivity index (χ0v) is 10.4. The maximum Gasteiger partial charge on any atom is 0.148 e. The Morgan fingerprint density at radius 3 is 2.81 bits per heavy atom. The molecule has 0 saturated carbocycles. The van der Waals surface area contributed by atoms with Crippen molar-refractivity contribution in [2.45, 2.75) is 6.54 Å². The zero-order chi connectivity index (χ0) is 11.8. The molecule has 0 aromatic heterocycles. The number of hydrogen-bond acceptors (Lipinski definition) is 2. The summed E-state index contributed by atoms with van der Waals surface area (Å²) >= 11 is 3.41. The zero-order valence-electron chi connectivity index (χ0n) is 8.79. The van der Waals surface area contributed by atoms with Gasteiger partial charge in [-0.2, -0.15) is 0 Å². The van der Waals surface area contributed by atoms with Crippen molar-refractivity contribution in [3.63, 3.8) is 0 Å². The van der Waals surface area contributed by atoms with E-state index in [0.717, 1.165) is 15.8 Å². The van der Waals surface area contributed by atoms with Gasteiger partial charge in [-0.3, -0.25) is 0 Å². The van der Waals surface area contributed by atoms with Crippen molar-refractivity contribution in [3.8, 4) is 30.4 Å². The molecule has 1 aromatic rings. The van der Waals surface area contributed by atoms with Gasteiger partial charge in [-0.05, 0) is 18.2 Å². The van der Waals surface area contributed by atoms with Crippen molar-refractivity contribution < 1.29 is 4.74 Å². The smallest absolute Gasteiger partial charge is 0.148 e. The second-order valence-corrected chi connectivity index (χ2v) is 3.97. The van der Waals surface area contributed by atoms with Crippen LogP contribution < -0.4 is 10.1 Å². The second kappa shape index (κ2) is 6.95. The van der Waals surface area contributed by atoms with Gasteiger partial charge in [0.1, 0.15) is 12.4 Å². The molecule has 0 fully saturated rings. The Morgan fingerprint density at radius 1 is 1.31 bits per heavy atom. The summed E-state index contributed by atoms with van der Waals surface area (Å²) in [5.41, 5.74) is 1.03.